The Balaban J connectivity index is 5.17. The molecule has 0 spiro atoms. The third kappa shape index (κ3) is 3.95. The maximum absolute atomic E-state index is 12.3. The molecular weight excluding hydrogens is 252 g/mol. The molecule has 0 radical (unpaired) electrons. The molecule has 0 rings (SSSR count). The van der Waals surface area contributed by atoms with Gasteiger partial charge < -0.3 is 10.6 Å². The van der Waals surface area contributed by atoms with Gasteiger partial charge in [-0.25, -0.2) is 8.42 Å². The Morgan fingerprint density at radius 1 is 1.22 bits per heavy atom. The van der Waals surface area contributed by atoms with Crippen LogP contribution in [0, 0.1) is 5.41 Å². The summed E-state index contributed by atoms with van der Waals surface area (Å²) in [6.45, 7) is 10.0. The minimum absolute atomic E-state index is 0.223. The van der Waals surface area contributed by atoms with E-state index in [1.807, 2.05) is 20.8 Å². The fourth-order valence-corrected chi connectivity index (χ4v) is 1.89. The summed E-state index contributed by atoms with van der Waals surface area (Å²) < 4.78 is 22.0. The molecule has 2 N–H and O–H groups in total. The number of nitrogens with two attached hydrogens (primary N) is 1. The highest BCUT2D eigenvalue weighted by Gasteiger charge is 2.41. The van der Waals surface area contributed by atoms with Crippen molar-refractivity contribution in [2.75, 3.05) is 25.9 Å². The Bertz CT molecular complexity index is 400. The normalized spacial score (nSPS) is 13.5. The topological polar surface area (TPSA) is 80.5 Å². The van der Waals surface area contributed by atoms with E-state index >= 15 is 0 Å². The van der Waals surface area contributed by atoms with E-state index in [2.05, 4.69) is 0 Å². The van der Waals surface area contributed by atoms with Crippen molar-refractivity contribution in [1.82, 2.24) is 4.90 Å². The molecule has 0 aliphatic rings. The first-order valence-corrected chi connectivity index (χ1v) is 7.97. The molecule has 1 amide bonds. The molecule has 0 aromatic rings. The number of amides is 1. The van der Waals surface area contributed by atoms with Crippen LogP contribution in [0.3, 0.4) is 0 Å². The summed E-state index contributed by atoms with van der Waals surface area (Å²) in [5.74, 6) is -0.367. The Morgan fingerprint density at radius 2 is 1.67 bits per heavy atom. The summed E-state index contributed by atoms with van der Waals surface area (Å²) in [6.07, 6.45) is 1.09. The first kappa shape index (κ1) is 17.4. The summed E-state index contributed by atoms with van der Waals surface area (Å²) in [6, 6.07) is 0. The molecule has 0 unspecified atom stereocenters. The molecular formula is C12H26N2O3S. The quantitative estimate of drug-likeness (QED) is 0.773. The molecule has 0 atom stereocenters. The summed E-state index contributed by atoms with van der Waals surface area (Å²) in [5.41, 5.74) is 5.43. The first-order valence-electron chi connectivity index (χ1n) is 6.08. The molecule has 0 fully saturated rings. The second-order valence-electron chi connectivity index (χ2n) is 5.97. The molecule has 0 saturated carbocycles. The number of carbonyl (C=O) groups excluding carboxylic acids is 1. The molecule has 6 heteroatoms. The molecule has 18 heavy (non-hydrogen) atoms. The summed E-state index contributed by atoms with van der Waals surface area (Å²) in [4.78, 5) is 13.9. The SMILES string of the molecule is CCN(CC(C)(C)CN)C(=O)C(C)(C)S(C)(=O)=O. The molecule has 0 aliphatic carbocycles. The second-order valence-corrected chi connectivity index (χ2v) is 8.54. The maximum atomic E-state index is 12.3. The van der Waals surface area contributed by atoms with Gasteiger partial charge in [0.15, 0.2) is 9.84 Å². The molecule has 0 bridgehead atoms. The number of carbonyl (C=O) groups is 1. The van der Waals surface area contributed by atoms with E-state index in [9.17, 15) is 13.2 Å². The minimum atomic E-state index is -3.44. The van der Waals surface area contributed by atoms with Crippen molar-refractivity contribution in [1.29, 1.82) is 0 Å². The van der Waals surface area contributed by atoms with Crippen molar-refractivity contribution >= 4 is 15.7 Å². The van der Waals surface area contributed by atoms with Crippen LogP contribution in [0.4, 0.5) is 0 Å². The van der Waals surface area contributed by atoms with Crippen LogP contribution in [0.1, 0.15) is 34.6 Å². The summed E-state index contributed by atoms with van der Waals surface area (Å²) in [7, 11) is -3.44. The summed E-state index contributed by atoms with van der Waals surface area (Å²) in [5, 5.41) is 0. The van der Waals surface area contributed by atoms with Crippen molar-refractivity contribution in [2.45, 2.75) is 39.4 Å². The van der Waals surface area contributed by atoms with Gasteiger partial charge in [-0.05, 0) is 32.7 Å². The Morgan fingerprint density at radius 3 is 1.94 bits per heavy atom. The monoisotopic (exact) mass is 278 g/mol. The fraction of sp³-hybridized carbons (Fsp3) is 0.917. The van der Waals surface area contributed by atoms with Gasteiger partial charge in [0, 0.05) is 19.3 Å². The van der Waals surface area contributed by atoms with E-state index in [1.165, 1.54) is 13.8 Å². The zero-order valence-corrected chi connectivity index (χ0v) is 13.1. The third-order valence-electron chi connectivity index (χ3n) is 3.28. The van der Waals surface area contributed by atoms with Crippen LogP contribution in [-0.4, -0.2) is 49.9 Å². The van der Waals surface area contributed by atoms with Gasteiger partial charge in [-0.3, -0.25) is 4.79 Å². The number of hydrogen-bond acceptors (Lipinski definition) is 4. The molecule has 5 nitrogen and oxygen atoms in total. The third-order valence-corrected chi connectivity index (χ3v) is 5.31. The molecule has 0 aliphatic heterocycles. The van der Waals surface area contributed by atoms with Crippen LogP contribution in [0.2, 0.25) is 0 Å². The molecule has 0 aromatic heterocycles. The van der Waals surface area contributed by atoms with E-state index in [4.69, 9.17) is 5.73 Å². The lowest BCUT2D eigenvalue weighted by molar-refractivity contribution is -0.134. The second kappa shape index (κ2) is 5.57. The van der Waals surface area contributed by atoms with Crippen LogP contribution < -0.4 is 5.73 Å². The van der Waals surface area contributed by atoms with Crippen LogP contribution in [0.5, 0.6) is 0 Å². The lowest BCUT2D eigenvalue weighted by Crippen LogP contribution is -2.52. The summed E-state index contributed by atoms with van der Waals surface area (Å²) >= 11 is 0. The highest BCUT2D eigenvalue weighted by molar-refractivity contribution is 7.92. The largest absolute Gasteiger partial charge is 0.341 e. The van der Waals surface area contributed by atoms with Gasteiger partial charge in [0.2, 0.25) is 5.91 Å². The van der Waals surface area contributed by atoms with Gasteiger partial charge in [0.25, 0.3) is 0 Å². The predicted molar refractivity (Wildman–Crippen MR) is 74.0 cm³/mol. The van der Waals surface area contributed by atoms with Gasteiger partial charge in [-0.15, -0.1) is 0 Å². The lowest BCUT2D eigenvalue weighted by atomic mass is 9.92. The van der Waals surface area contributed by atoms with Gasteiger partial charge >= 0.3 is 0 Å². The predicted octanol–water partition coefficient (Wildman–Crippen LogP) is 0.643. The van der Waals surface area contributed by atoms with Crippen LogP contribution in [0.15, 0.2) is 0 Å². The Kier molecular flexibility index (Phi) is 5.38. The smallest absolute Gasteiger partial charge is 0.243 e. The Labute approximate surface area is 111 Å². The minimum Gasteiger partial charge on any atom is -0.341 e. The number of rotatable bonds is 6. The average Bonchev–Trinajstić information content (AvgIpc) is 2.23. The fourth-order valence-electron chi connectivity index (χ4n) is 1.45. The van der Waals surface area contributed by atoms with E-state index in [0.29, 0.717) is 19.6 Å². The Hall–Kier alpha value is -0.620. The van der Waals surface area contributed by atoms with E-state index in [0.717, 1.165) is 6.26 Å². The molecule has 0 saturated heterocycles. The van der Waals surface area contributed by atoms with Crippen LogP contribution >= 0.6 is 0 Å². The van der Waals surface area contributed by atoms with E-state index in [1.54, 1.807) is 4.90 Å². The van der Waals surface area contributed by atoms with Gasteiger partial charge in [0.1, 0.15) is 4.75 Å². The van der Waals surface area contributed by atoms with Crippen molar-refractivity contribution in [3.8, 4) is 0 Å². The van der Waals surface area contributed by atoms with Crippen molar-refractivity contribution in [2.24, 2.45) is 11.1 Å². The van der Waals surface area contributed by atoms with Crippen LogP contribution in [0.25, 0.3) is 0 Å². The van der Waals surface area contributed by atoms with E-state index < -0.39 is 14.6 Å². The number of nitrogens with zero attached hydrogens (tertiary/aromatic N) is 1. The molecule has 0 heterocycles. The van der Waals surface area contributed by atoms with E-state index in [-0.39, 0.29) is 11.3 Å². The highest BCUT2D eigenvalue weighted by atomic mass is 32.2. The van der Waals surface area contributed by atoms with Crippen LogP contribution in [-0.2, 0) is 14.6 Å². The lowest BCUT2D eigenvalue weighted by Gasteiger charge is -2.35. The highest BCUT2D eigenvalue weighted by Crippen LogP contribution is 2.22. The molecule has 108 valence electrons. The maximum Gasteiger partial charge on any atom is 0.243 e. The van der Waals surface area contributed by atoms with Gasteiger partial charge in [-0.1, -0.05) is 13.8 Å². The zero-order chi connectivity index (χ0) is 14.8. The zero-order valence-electron chi connectivity index (χ0n) is 12.3. The average molecular weight is 278 g/mol. The standard InChI is InChI=1S/C12H26N2O3S/c1-7-14(9-11(2,3)8-13)10(15)12(4,5)18(6,16)17/h7-9,13H2,1-6H3. The van der Waals surface area contributed by atoms with Gasteiger partial charge in [-0.2, -0.15) is 0 Å². The molecule has 0 aromatic carbocycles. The first-order chi connectivity index (χ1) is 7.89. The number of hydrogen-bond donors (Lipinski definition) is 1. The van der Waals surface area contributed by atoms with Gasteiger partial charge in [0.05, 0.1) is 0 Å². The number of sulfone groups is 1. The van der Waals surface area contributed by atoms with Crippen molar-refractivity contribution in [3.63, 3.8) is 0 Å². The van der Waals surface area contributed by atoms with Crippen molar-refractivity contribution < 1.29 is 13.2 Å². The van der Waals surface area contributed by atoms with Crippen molar-refractivity contribution in [3.05, 3.63) is 0 Å².